The van der Waals surface area contributed by atoms with Crippen molar-refractivity contribution in [2.75, 3.05) is 5.06 Å². The second kappa shape index (κ2) is 4.30. The maximum absolute atomic E-state index is 9.48. The number of fused-ring (bicyclic) bond motifs is 1. The largest absolute Gasteiger partial charge is 0.493 e. The first-order chi connectivity index (χ1) is 6.29. The molecule has 1 heterocycles. The number of aliphatic hydroxyl groups excluding tert-OH is 1. The minimum absolute atomic E-state index is 0. The number of anilines is 1. The fraction of sp³-hybridized carbons (Fsp3) is 0. The smallest absolute Gasteiger partial charge is 0.215 e. The first-order valence-electron chi connectivity index (χ1n) is 3.94. The van der Waals surface area contributed by atoms with Gasteiger partial charge in [0.15, 0.2) is 0 Å². The van der Waals surface area contributed by atoms with E-state index in [-0.39, 0.29) is 22.9 Å². The molecule has 2 N–H and O–H groups in total. The van der Waals surface area contributed by atoms with Crippen LogP contribution in [0.25, 0.3) is 6.08 Å². The van der Waals surface area contributed by atoms with Gasteiger partial charge in [-0.2, -0.15) is 5.06 Å². The normalized spacial score (nSPS) is 13.8. The molecule has 0 radical (unpaired) electrons. The third-order valence-electron chi connectivity index (χ3n) is 1.90. The molecule has 1 aromatic carbocycles. The summed E-state index contributed by atoms with van der Waals surface area (Å²) in [6.45, 7) is 0. The summed E-state index contributed by atoms with van der Waals surface area (Å²) in [5, 5.41) is 19.5. The van der Waals surface area contributed by atoms with E-state index in [0.717, 1.165) is 10.6 Å². The van der Waals surface area contributed by atoms with Gasteiger partial charge in [0.05, 0.1) is 5.69 Å². The zero-order valence-electron chi connectivity index (χ0n) is 7.29. The molecule has 0 aliphatic carbocycles. The van der Waals surface area contributed by atoms with Crippen molar-refractivity contribution in [3.8, 4) is 0 Å². The minimum Gasteiger partial charge on any atom is -0.493 e. The van der Waals surface area contributed by atoms with Gasteiger partial charge in [0.1, 0.15) is 0 Å². The van der Waals surface area contributed by atoms with Gasteiger partial charge in [-0.05, 0) is 6.07 Å². The second-order valence-electron chi connectivity index (χ2n) is 2.75. The van der Waals surface area contributed by atoms with E-state index < -0.39 is 0 Å². The predicted octanol–water partition coefficient (Wildman–Crippen LogP) is 2.89. The monoisotopic (exact) mass is 255 g/mol. The molecule has 0 saturated heterocycles. The molecule has 2 rings (SSSR count). The van der Waals surface area contributed by atoms with Gasteiger partial charge in [0, 0.05) is 11.6 Å². The maximum atomic E-state index is 9.48. The highest BCUT2D eigenvalue weighted by Crippen LogP contribution is 2.24. The van der Waals surface area contributed by atoms with Crippen LogP contribution in [-0.4, -0.2) is 10.3 Å². The fourth-order valence-corrected chi connectivity index (χ4v) is 1.25. The Hall–Kier alpha value is -1.26. The highest BCUT2D eigenvalue weighted by Gasteiger charge is 2.11. The van der Waals surface area contributed by atoms with Crippen molar-refractivity contribution in [2.24, 2.45) is 0 Å². The standard InChI is InChI=1S/C10H9NO2.BrH/c12-10-7-3-5-8-4-1-2-6-9(8)11(10)13;/h1-7,12-13H;1H. The van der Waals surface area contributed by atoms with Crippen LogP contribution in [-0.2, 0) is 0 Å². The Morgan fingerprint density at radius 1 is 1.14 bits per heavy atom. The number of halogens is 1. The van der Waals surface area contributed by atoms with Gasteiger partial charge >= 0.3 is 0 Å². The molecule has 0 unspecified atom stereocenters. The number of rotatable bonds is 0. The molecule has 1 aliphatic heterocycles. The molecular weight excluding hydrogens is 246 g/mol. The Kier molecular flexibility index (Phi) is 3.33. The molecule has 14 heavy (non-hydrogen) atoms. The van der Waals surface area contributed by atoms with Gasteiger partial charge in [-0.3, -0.25) is 5.21 Å². The number of nitrogens with zero attached hydrogens (tertiary/aromatic N) is 1. The van der Waals surface area contributed by atoms with Crippen molar-refractivity contribution in [1.29, 1.82) is 0 Å². The predicted molar refractivity (Wildman–Crippen MR) is 60.8 cm³/mol. The third-order valence-corrected chi connectivity index (χ3v) is 1.90. The lowest BCUT2D eigenvalue weighted by atomic mass is 10.2. The van der Waals surface area contributed by atoms with Crippen molar-refractivity contribution in [2.45, 2.75) is 0 Å². The van der Waals surface area contributed by atoms with Crippen molar-refractivity contribution in [1.82, 2.24) is 0 Å². The average molecular weight is 256 g/mol. The minimum atomic E-state index is -0.179. The number of hydroxylamine groups is 1. The van der Waals surface area contributed by atoms with Crippen LogP contribution in [0.3, 0.4) is 0 Å². The highest BCUT2D eigenvalue weighted by atomic mass is 79.9. The highest BCUT2D eigenvalue weighted by molar-refractivity contribution is 8.93. The van der Waals surface area contributed by atoms with E-state index in [4.69, 9.17) is 0 Å². The van der Waals surface area contributed by atoms with E-state index in [2.05, 4.69) is 0 Å². The molecule has 3 nitrogen and oxygen atoms in total. The van der Waals surface area contributed by atoms with Gasteiger partial charge < -0.3 is 5.11 Å². The van der Waals surface area contributed by atoms with Gasteiger partial charge in [-0.25, -0.2) is 0 Å². The average Bonchev–Trinajstić information content (AvgIpc) is 2.29. The van der Waals surface area contributed by atoms with E-state index in [9.17, 15) is 10.3 Å². The van der Waals surface area contributed by atoms with Crippen LogP contribution in [0.2, 0.25) is 0 Å². The molecule has 0 atom stereocenters. The quantitative estimate of drug-likeness (QED) is 0.750. The Morgan fingerprint density at radius 2 is 1.86 bits per heavy atom. The fourth-order valence-electron chi connectivity index (χ4n) is 1.25. The van der Waals surface area contributed by atoms with Crippen LogP contribution in [0.1, 0.15) is 5.56 Å². The lowest BCUT2D eigenvalue weighted by Gasteiger charge is -2.15. The first-order valence-corrected chi connectivity index (χ1v) is 3.94. The Bertz CT molecular complexity index is 387. The summed E-state index contributed by atoms with van der Waals surface area (Å²) in [6.07, 6.45) is 4.94. The van der Waals surface area contributed by atoms with Crippen LogP contribution in [0.15, 0.2) is 42.3 Å². The number of benzene rings is 1. The maximum Gasteiger partial charge on any atom is 0.215 e. The van der Waals surface area contributed by atoms with E-state index in [1.807, 2.05) is 18.2 Å². The summed E-state index contributed by atoms with van der Waals surface area (Å²) in [4.78, 5) is 0. The number of hydrogen-bond acceptors (Lipinski definition) is 3. The first kappa shape index (κ1) is 10.8. The van der Waals surface area contributed by atoms with Crippen LogP contribution in [0.4, 0.5) is 5.69 Å². The topological polar surface area (TPSA) is 43.7 Å². The summed E-state index contributed by atoms with van der Waals surface area (Å²) in [5.74, 6) is -0.179. The molecule has 4 heteroatoms. The van der Waals surface area contributed by atoms with Crippen LogP contribution in [0.5, 0.6) is 0 Å². The molecule has 0 amide bonds. The van der Waals surface area contributed by atoms with Crippen molar-refractivity contribution >= 4 is 28.7 Å². The molecule has 0 spiro atoms. The summed E-state index contributed by atoms with van der Waals surface area (Å²) < 4.78 is 0. The number of allylic oxidation sites excluding steroid dienone is 2. The van der Waals surface area contributed by atoms with E-state index in [1.54, 1.807) is 18.2 Å². The zero-order valence-corrected chi connectivity index (χ0v) is 9.00. The number of aliphatic hydroxyl groups is 1. The zero-order chi connectivity index (χ0) is 9.26. The van der Waals surface area contributed by atoms with Gasteiger partial charge in [0.2, 0.25) is 5.88 Å². The van der Waals surface area contributed by atoms with Gasteiger partial charge in [-0.15, -0.1) is 17.0 Å². The third kappa shape index (κ3) is 1.81. The molecule has 0 aromatic heterocycles. The molecule has 0 fully saturated rings. The Morgan fingerprint density at radius 3 is 2.64 bits per heavy atom. The van der Waals surface area contributed by atoms with Crippen molar-refractivity contribution < 1.29 is 10.3 Å². The van der Waals surface area contributed by atoms with E-state index >= 15 is 0 Å². The van der Waals surface area contributed by atoms with Crippen molar-refractivity contribution in [3.63, 3.8) is 0 Å². The molecule has 74 valence electrons. The van der Waals surface area contributed by atoms with E-state index in [0.29, 0.717) is 5.69 Å². The molecule has 1 aliphatic rings. The summed E-state index contributed by atoms with van der Waals surface area (Å²) >= 11 is 0. The second-order valence-corrected chi connectivity index (χ2v) is 2.75. The van der Waals surface area contributed by atoms with Crippen molar-refractivity contribution in [3.05, 3.63) is 47.9 Å². The Balaban J connectivity index is 0.000000980. The van der Waals surface area contributed by atoms with Crippen LogP contribution >= 0.6 is 17.0 Å². The SMILES string of the molecule is Br.OC1=CC=Cc2ccccc2N1O. The lowest BCUT2D eigenvalue weighted by Crippen LogP contribution is -2.16. The van der Waals surface area contributed by atoms with Crippen LogP contribution < -0.4 is 5.06 Å². The van der Waals surface area contributed by atoms with Gasteiger partial charge in [-0.1, -0.05) is 30.4 Å². The summed E-state index contributed by atoms with van der Waals surface area (Å²) in [6, 6.07) is 7.27. The van der Waals surface area contributed by atoms with Gasteiger partial charge in [0.25, 0.3) is 0 Å². The van der Waals surface area contributed by atoms with Crippen LogP contribution in [0, 0.1) is 0 Å². The summed E-state index contributed by atoms with van der Waals surface area (Å²) in [7, 11) is 0. The lowest BCUT2D eigenvalue weighted by molar-refractivity contribution is 0.214. The molecule has 0 bridgehead atoms. The molecule has 1 aromatic rings. The van der Waals surface area contributed by atoms with E-state index in [1.165, 1.54) is 6.08 Å². The molecular formula is C10H10BrNO2. The Labute approximate surface area is 92.3 Å². The summed E-state index contributed by atoms with van der Waals surface area (Å²) in [5.41, 5.74) is 1.44. The molecule has 0 saturated carbocycles. The number of hydrogen-bond donors (Lipinski definition) is 2. The number of para-hydroxylation sites is 1.